The Labute approximate surface area is 125 Å². The van der Waals surface area contributed by atoms with E-state index in [1.165, 1.54) is 75.9 Å². The van der Waals surface area contributed by atoms with E-state index in [4.69, 9.17) is 4.98 Å². The monoisotopic (exact) mass is 324 g/mol. The normalized spacial score (nSPS) is 22.2. The van der Waals surface area contributed by atoms with Crippen molar-refractivity contribution in [3.8, 4) is 0 Å². The lowest BCUT2D eigenvalue weighted by atomic mass is 9.75. The largest absolute Gasteiger partial charge is 0.331 e. The third-order valence-electron chi connectivity index (χ3n) is 5.11. The van der Waals surface area contributed by atoms with Crippen molar-refractivity contribution in [2.24, 2.45) is 5.41 Å². The Kier molecular flexibility index (Phi) is 4.02. The van der Waals surface area contributed by atoms with E-state index in [0.717, 1.165) is 5.33 Å². The highest BCUT2D eigenvalue weighted by atomic mass is 79.9. The van der Waals surface area contributed by atoms with Crippen LogP contribution in [0.2, 0.25) is 0 Å². The van der Waals surface area contributed by atoms with Crippen LogP contribution in [0.3, 0.4) is 0 Å². The molecule has 0 amide bonds. The molecule has 0 atom stereocenters. The molecule has 2 aliphatic rings. The number of nitrogens with zero attached hydrogens (tertiary/aromatic N) is 2. The minimum atomic E-state index is 0.481. The molecule has 3 heteroatoms. The van der Waals surface area contributed by atoms with Crippen molar-refractivity contribution in [2.45, 2.75) is 71.3 Å². The molecule has 19 heavy (non-hydrogen) atoms. The molecule has 0 bridgehead atoms. The summed E-state index contributed by atoms with van der Waals surface area (Å²) in [5.41, 5.74) is 3.42. The number of hydrogen-bond acceptors (Lipinski definition) is 1. The second-order valence-electron chi connectivity index (χ2n) is 6.54. The molecule has 2 nitrogen and oxygen atoms in total. The van der Waals surface area contributed by atoms with E-state index in [2.05, 4.69) is 27.4 Å². The highest BCUT2D eigenvalue weighted by molar-refractivity contribution is 9.09. The summed E-state index contributed by atoms with van der Waals surface area (Å²) >= 11 is 3.80. The van der Waals surface area contributed by atoms with Crippen LogP contribution >= 0.6 is 15.9 Å². The van der Waals surface area contributed by atoms with Gasteiger partial charge in [-0.3, -0.25) is 0 Å². The third kappa shape index (κ3) is 2.63. The van der Waals surface area contributed by atoms with Crippen molar-refractivity contribution in [1.29, 1.82) is 0 Å². The summed E-state index contributed by atoms with van der Waals surface area (Å²) in [6, 6.07) is 0. The molecule has 0 radical (unpaired) electrons. The summed E-state index contributed by atoms with van der Waals surface area (Å²) in [5, 5.41) is 1.15. The molecule has 1 saturated carbocycles. The molecule has 106 valence electrons. The average Bonchev–Trinajstić information content (AvgIpc) is 2.76. The molecule has 0 saturated heterocycles. The fourth-order valence-electron chi connectivity index (χ4n) is 3.92. The van der Waals surface area contributed by atoms with E-state index < -0.39 is 0 Å². The molecule has 1 heterocycles. The summed E-state index contributed by atoms with van der Waals surface area (Å²) in [4.78, 5) is 4.83. The highest BCUT2D eigenvalue weighted by Crippen LogP contribution is 2.40. The van der Waals surface area contributed by atoms with Crippen LogP contribution in [0, 0.1) is 12.3 Å². The number of rotatable bonds is 3. The Balaban J connectivity index is 1.87. The molecule has 1 aromatic heterocycles. The number of aromatic nitrogens is 2. The maximum atomic E-state index is 4.83. The van der Waals surface area contributed by atoms with E-state index in [1.54, 1.807) is 5.69 Å². The quantitative estimate of drug-likeness (QED) is 0.753. The van der Waals surface area contributed by atoms with Gasteiger partial charge in [0.15, 0.2) is 0 Å². The molecule has 0 unspecified atom stereocenters. The first-order valence-corrected chi connectivity index (χ1v) is 8.97. The topological polar surface area (TPSA) is 17.8 Å². The van der Waals surface area contributed by atoms with Gasteiger partial charge in [-0.25, -0.2) is 4.98 Å². The molecule has 0 aliphatic heterocycles. The lowest BCUT2D eigenvalue weighted by Gasteiger charge is -2.37. The van der Waals surface area contributed by atoms with Crippen LogP contribution < -0.4 is 0 Å². The van der Waals surface area contributed by atoms with Gasteiger partial charge in [0.25, 0.3) is 0 Å². The summed E-state index contributed by atoms with van der Waals surface area (Å²) in [6.45, 7) is 3.38. The van der Waals surface area contributed by atoms with E-state index in [-0.39, 0.29) is 0 Å². The first kappa shape index (κ1) is 13.7. The van der Waals surface area contributed by atoms with Gasteiger partial charge in [-0.2, -0.15) is 0 Å². The van der Waals surface area contributed by atoms with E-state index in [9.17, 15) is 0 Å². The Morgan fingerprint density at radius 2 is 1.84 bits per heavy atom. The molecule has 1 fully saturated rings. The van der Waals surface area contributed by atoms with E-state index in [1.807, 2.05) is 0 Å². The number of imidazole rings is 1. The van der Waals surface area contributed by atoms with Crippen LogP contribution in [0.5, 0.6) is 0 Å². The Bertz CT molecular complexity index is 444. The zero-order valence-electron chi connectivity index (χ0n) is 12.1. The number of alkyl halides is 1. The van der Waals surface area contributed by atoms with Crippen molar-refractivity contribution in [1.82, 2.24) is 9.55 Å². The van der Waals surface area contributed by atoms with Crippen LogP contribution in [-0.2, 0) is 19.4 Å². The Morgan fingerprint density at radius 3 is 2.58 bits per heavy atom. The molecule has 3 rings (SSSR count). The Morgan fingerprint density at radius 1 is 1.11 bits per heavy atom. The summed E-state index contributed by atoms with van der Waals surface area (Å²) in [7, 11) is 0. The molecule has 2 aliphatic carbocycles. The van der Waals surface area contributed by atoms with Gasteiger partial charge in [0.2, 0.25) is 0 Å². The van der Waals surface area contributed by atoms with Crippen LogP contribution in [-0.4, -0.2) is 14.9 Å². The Hall–Kier alpha value is -0.310. The fraction of sp³-hybridized carbons (Fsp3) is 0.812. The van der Waals surface area contributed by atoms with Gasteiger partial charge in [0, 0.05) is 17.6 Å². The maximum absolute atomic E-state index is 4.83. The van der Waals surface area contributed by atoms with Gasteiger partial charge in [-0.1, -0.05) is 35.2 Å². The minimum absolute atomic E-state index is 0.481. The maximum Gasteiger partial charge on any atom is 0.106 e. The van der Waals surface area contributed by atoms with Crippen LogP contribution in [0.4, 0.5) is 0 Å². The first-order chi connectivity index (χ1) is 9.24. The van der Waals surface area contributed by atoms with Crippen molar-refractivity contribution in [2.75, 3.05) is 5.33 Å². The lowest BCUT2D eigenvalue weighted by Crippen LogP contribution is -2.32. The van der Waals surface area contributed by atoms with Crippen LogP contribution in [0.25, 0.3) is 0 Å². The molecule has 0 N–H and O–H groups in total. The molecular formula is C16H25BrN2. The van der Waals surface area contributed by atoms with Gasteiger partial charge in [0.1, 0.15) is 5.82 Å². The SMILES string of the molecule is Cc1nc2c(n1CC1(CBr)CCCCC1)CCCC2. The van der Waals surface area contributed by atoms with E-state index >= 15 is 0 Å². The van der Waals surface area contributed by atoms with Gasteiger partial charge < -0.3 is 4.57 Å². The lowest BCUT2D eigenvalue weighted by molar-refractivity contribution is 0.187. The standard InChI is InChI=1S/C16H25BrN2/c1-13-18-14-7-3-4-8-15(14)19(13)12-16(11-17)9-5-2-6-10-16/h2-12H2,1H3. The van der Waals surface area contributed by atoms with Crippen LogP contribution in [0.1, 0.15) is 62.2 Å². The van der Waals surface area contributed by atoms with Crippen molar-refractivity contribution in [3.63, 3.8) is 0 Å². The van der Waals surface area contributed by atoms with Crippen molar-refractivity contribution in [3.05, 3.63) is 17.2 Å². The second kappa shape index (κ2) is 5.59. The van der Waals surface area contributed by atoms with Crippen LogP contribution in [0.15, 0.2) is 0 Å². The highest BCUT2D eigenvalue weighted by Gasteiger charge is 2.33. The molecule has 1 aromatic rings. The van der Waals surface area contributed by atoms with Gasteiger partial charge in [-0.15, -0.1) is 0 Å². The number of hydrogen-bond donors (Lipinski definition) is 0. The van der Waals surface area contributed by atoms with E-state index in [0.29, 0.717) is 5.41 Å². The number of halogens is 1. The van der Waals surface area contributed by atoms with Gasteiger partial charge in [0.05, 0.1) is 5.69 Å². The summed E-state index contributed by atoms with van der Waals surface area (Å²) in [6.07, 6.45) is 12.1. The second-order valence-corrected chi connectivity index (χ2v) is 7.10. The predicted molar refractivity (Wildman–Crippen MR) is 82.9 cm³/mol. The van der Waals surface area contributed by atoms with Crippen molar-refractivity contribution < 1.29 is 0 Å². The van der Waals surface area contributed by atoms with Crippen molar-refractivity contribution >= 4 is 15.9 Å². The first-order valence-electron chi connectivity index (χ1n) is 7.85. The summed E-state index contributed by atoms with van der Waals surface area (Å²) < 4.78 is 2.56. The molecule has 0 aromatic carbocycles. The summed E-state index contributed by atoms with van der Waals surface area (Å²) in [5.74, 6) is 1.25. The van der Waals surface area contributed by atoms with Gasteiger partial charge >= 0.3 is 0 Å². The molecular weight excluding hydrogens is 300 g/mol. The minimum Gasteiger partial charge on any atom is -0.331 e. The fourth-order valence-corrected chi connectivity index (χ4v) is 4.65. The number of fused-ring (bicyclic) bond motifs is 1. The van der Waals surface area contributed by atoms with Gasteiger partial charge in [-0.05, 0) is 50.9 Å². The average molecular weight is 325 g/mol. The molecule has 0 spiro atoms. The smallest absolute Gasteiger partial charge is 0.106 e. The number of aryl methyl sites for hydroxylation is 2. The third-order valence-corrected chi connectivity index (χ3v) is 6.30. The zero-order valence-corrected chi connectivity index (χ0v) is 13.6. The predicted octanol–water partition coefficient (Wildman–Crippen LogP) is 4.42. The zero-order chi connectivity index (χ0) is 13.3.